The van der Waals surface area contributed by atoms with Crippen LogP contribution in [0.4, 0.5) is 20.7 Å². The van der Waals surface area contributed by atoms with Gasteiger partial charge in [-0.2, -0.15) is 4.98 Å². The van der Waals surface area contributed by atoms with Gasteiger partial charge in [0.25, 0.3) is 0 Å². The molecular weight excluding hydrogens is 519 g/mol. The van der Waals surface area contributed by atoms with Gasteiger partial charge in [0.05, 0.1) is 24.6 Å². The van der Waals surface area contributed by atoms with Crippen LogP contribution in [0, 0.1) is 5.82 Å². The molecule has 0 saturated carbocycles. The molecule has 3 heterocycles. The Hall–Kier alpha value is -4.14. The number of guanidine groups is 1. The van der Waals surface area contributed by atoms with Crippen molar-refractivity contribution < 1.29 is 27.1 Å². The first-order valence-corrected chi connectivity index (χ1v) is 13.0. The highest BCUT2D eigenvalue weighted by Crippen LogP contribution is 2.33. The maximum absolute atomic E-state index is 15.2. The first-order chi connectivity index (χ1) is 17.7. The number of hydrogen-bond donors (Lipinski definition) is 2. The number of aliphatic imine (C=N–C) groups is 1. The Morgan fingerprint density at radius 2 is 2.00 bits per heavy atom. The molecule has 1 saturated heterocycles. The van der Waals surface area contributed by atoms with Crippen molar-refractivity contribution in [3.05, 3.63) is 42.1 Å². The fourth-order valence-electron chi connectivity index (χ4n) is 3.75. The van der Waals surface area contributed by atoms with Gasteiger partial charge in [0.2, 0.25) is 21.9 Å². The standard InChI is InChI=1S/C23H27FN8O5S/c1-22(2,3)37-21(33)30-20-31-23(4,11-38(34,35)32(20)5)14-9-13(7-8-15(14)24)28-18-17-19(27-12-26-18)29-16(36-6)10-25-17/h7-10,12H,11H2,1-6H3,(H,30,31,33)(H,26,27,28,29)/t23-/m0/s1. The van der Waals surface area contributed by atoms with Crippen LogP contribution in [0.2, 0.25) is 0 Å². The smallest absolute Gasteiger partial charge is 0.437 e. The molecule has 0 aliphatic carbocycles. The molecule has 1 fully saturated rings. The zero-order valence-corrected chi connectivity index (χ0v) is 22.4. The summed E-state index contributed by atoms with van der Waals surface area (Å²) in [6, 6.07) is 4.10. The SMILES string of the molecule is COc1cnc2c(Nc3ccc(F)c([C@]4(C)CS(=O)(=O)N(C)/C(=N\C(=O)OC(C)(C)C)N4)c3)ncnc2n1. The largest absolute Gasteiger partial charge is 0.480 e. The molecule has 2 aromatic heterocycles. The molecule has 1 aromatic carbocycles. The molecular formula is C23H27FN8O5S. The predicted molar refractivity (Wildman–Crippen MR) is 137 cm³/mol. The van der Waals surface area contributed by atoms with E-state index in [-0.39, 0.29) is 23.1 Å². The van der Waals surface area contributed by atoms with Crippen molar-refractivity contribution in [3.63, 3.8) is 0 Å². The number of anilines is 2. The van der Waals surface area contributed by atoms with E-state index in [0.29, 0.717) is 17.0 Å². The van der Waals surface area contributed by atoms with Crippen LogP contribution in [0.3, 0.4) is 0 Å². The van der Waals surface area contributed by atoms with E-state index in [4.69, 9.17) is 9.47 Å². The summed E-state index contributed by atoms with van der Waals surface area (Å²) in [5.74, 6) is -0.899. The molecule has 15 heteroatoms. The second-order valence-corrected chi connectivity index (χ2v) is 11.7. The third-order valence-corrected chi connectivity index (χ3v) is 7.47. The molecule has 2 N–H and O–H groups in total. The van der Waals surface area contributed by atoms with E-state index in [9.17, 15) is 13.2 Å². The minimum Gasteiger partial charge on any atom is -0.480 e. The predicted octanol–water partition coefficient (Wildman–Crippen LogP) is 2.68. The number of benzene rings is 1. The number of aromatic nitrogens is 4. The summed E-state index contributed by atoms with van der Waals surface area (Å²) in [6.45, 7) is 6.46. The Bertz CT molecular complexity index is 1540. The summed E-state index contributed by atoms with van der Waals surface area (Å²) in [5.41, 5.74) is -1.30. The molecule has 0 spiro atoms. The average molecular weight is 547 g/mol. The molecule has 4 rings (SSSR count). The second kappa shape index (κ2) is 9.63. The van der Waals surface area contributed by atoms with E-state index in [1.54, 1.807) is 20.8 Å². The summed E-state index contributed by atoms with van der Waals surface area (Å²) < 4.78 is 52.3. The number of rotatable bonds is 4. The lowest BCUT2D eigenvalue weighted by atomic mass is 9.93. The molecule has 0 radical (unpaired) electrons. The molecule has 1 aliphatic heterocycles. The Morgan fingerprint density at radius 1 is 1.26 bits per heavy atom. The van der Waals surface area contributed by atoms with E-state index < -0.39 is 38.8 Å². The van der Waals surface area contributed by atoms with Gasteiger partial charge in [-0.25, -0.2) is 36.9 Å². The van der Waals surface area contributed by atoms with E-state index in [1.165, 1.54) is 51.8 Å². The van der Waals surface area contributed by atoms with Gasteiger partial charge in [0.1, 0.15) is 17.7 Å². The number of amides is 1. The lowest BCUT2D eigenvalue weighted by Crippen LogP contribution is -2.61. The van der Waals surface area contributed by atoms with Gasteiger partial charge in [-0.05, 0) is 45.9 Å². The molecule has 3 aromatic rings. The van der Waals surface area contributed by atoms with Crippen LogP contribution in [-0.4, -0.2) is 70.2 Å². The van der Waals surface area contributed by atoms with Crippen LogP contribution < -0.4 is 15.4 Å². The number of methoxy groups -OCH3 is 1. The molecule has 1 aliphatic rings. The van der Waals surface area contributed by atoms with Crippen molar-refractivity contribution in [2.24, 2.45) is 4.99 Å². The molecule has 0 unspecified atom stereocenters. The highest BCUT2D eigenvalue weighted by molar-refractivity contribution is 7.89. The van der Waals surface area contributed by atoms with Crippen molar-refractivity contribution in [1.82, 2.24) is 29.6 Å². The quantitative estimate of drug-likeness (QED) is 0.495. The molecule has 1 amide bonds. The van der Waals surface area contributed by atoms with Crippen molar-refractivity contribution in [2.75, 3.05) is 25.2 Å². The Morgan fingerprint density at radius 3 is 2.68 bits per heavy atom. The van der Waals surface area contributed by atoms with Crippen LogP contribution in [0.5, 0.6) is 5.88 Å². The number of sulfonamides is 1. The number of ether oxygens (including phenoxy) is 2. The number of carbonyl (C=O) groups is 1. The van der Waals surface area contributed by atoms with Gasteiger partial charge in [0, 0.05) is 18.3 Å². The molecule has 13 nitrogen and oxygen atoms in total. The monoisotopic (exact) mass is 546 g/mol. The zero-order valence-electron chi connectivity index (χ0n) is 21.6. The van der Waals surface area contributed by atoms with Crippen LogP contribution >= 0.6 is 0 Å². The van der Waals surface area contributed by atoms with Crippen molar-refractivity contribution in [1.29, 1.82) is 0 Å². The topological polar surface area (TPSA) is 161 Å². The molecule has 1 atom stereocenters. The Labute approximate surface area is 218 Å². The average Bonchev–Trinajstić information content (AvgIpc) is 2.81. The maximum atomic E-state index is 15.2. The highest BCUT2D eigenvalue weighted by Gasteiger charge is 2.44. The minimum absolute atomic E-state index is 0.0159. The first-order valence-electron chi connectivity index (χ1n) is 11.4. The number of nitrogens with one attached hydrogen (secondary N) is 2. The summed E-state index contributed by atoms with van der Waals surface area (Å²) in [4.78, 5) is 32.9. The Balaban J connectivity index is 1.71. The zero-order chi connectivity index (χ0) is 27.9. The maximum Gasteiger partial charge on any atom is 0.437 e. The number of fused-ring (bicyclic) bond motifs is 1. The third-order valence-electron chi connectivity index (χ3n) is 5.52. The normalized spacial score (nSPS) is 20.2. The fourth-order valence-corrected chi connectivity index (χ4v) is 5.25. The number of hydrogen-bond acceptors (Lipinski definition) is 10. The summed E-state index contributed by atoms with van der Waals surface area (Å²) >= 11 is 0. The first kappa shape index (κ1) is 26.9. The minimum atomic E-state index is -3.99. The summed E-state index contributed by atoms with van der Waals surface area (Å²) in [5, 5.41) is 5.96. The van der Waals surface area contributed by atoms with Gasteiger partial charge < -0.3 is 20.1 Å². The number of halogens is 1. The van der Waals surface area contributed by atoms with Crippen LogP contribution in [-0.2, 0) is 20.3 Å². The van der Waals surface area contributed by atoms with Gasteiger partial charge in [0.15, 0.2) is 17.0 Å². The van der Waals surface area contributed by atoms with E-state index in [1.807, 2.05) is 0 Å². The number of carbonyl (C=O) groups excluding carboxylic acids is 1. The summed E-state index contributed by atoms with van der Waals surface area (Å²) in [6.07, 6.45) is 1.71. The van der Waals surface area contributed by atoms with E-state index >= 15 is 4.39 Å². The highest BCUT2D eigenvalue weighted by atomic mass is 32.2. The lowest BCUT2D eigenvalue weighted by Gasteiger charge is -2.40. The van der Waals surface area contributed by atoms with Gasteiger partial charge in [-0.1, -0.05) is 0 Å². The van der Waals surface area contributed by atoms with Crippen molar-refractivity contribution >= 4 is 44.7 Å². The van der Waals surface area contributed by atoms with Gasteiger partial charge in [-0.3, -0.25) is 0 Å². The fraction of sp³-hybridized carbons (Fsp3) is 0.391. The Kier molecular flexibility index (Phi) is 6.82. The van der Waals surface area contributed by atoms with Crippen LogP contribution in [0.15, 0.2) is 35.7 Å². The third kappa shape index (κ3) is 5.56. The van der Waals surface area contributed by atoms with Crippen LogP contribution in [0.1, 0.15) is 33.3 Å². The second-order valence-electron chi connectivity index (χ2n) is 9.72. The van der Waals surface area contributed by atoms with Crippen molar-refractivity contribution in [3.8, 4) is 5.88 Å². The van der Waals surface area contributed by atoms with E-state index in [0.717, 1.165) is 4.31 Å². The lowest BCUT2D eigenvalue weighted by molar-refractivity contribution is 0.0602. The van der Waals surface area contributed by atoms with Crippen molar-refractivity contribution in [2.45, 2.75) is 38.8 Å². The number of nitrogens with zero attached hydrogens (tertiary/aromatic N) is 6. The molecule has 0 bridgehead atoms. The van der Waals surface area contributed by atoms with Gasteiger partial charge >= 0.3 is 6.09 Å². The van der Waals surface area contributed by atoms with Crippen LogP contribution in [0.25, 0.3) is 11.2 Å². The molecule has 202 valence electrons. The summed E-state index contributed by atoms with van der Waals surface area (Å²) in [7, 11) is -1.28. The van der Waals surface area contributed by atoms with Gasteiger partial charge in [-0.15, -0.1) is 4.99 Å². The molecule has 38 heavy (non-hydrogen) atoms. The van der Waals surface area contributed by atoms with E-state index in [2.05, 4.69) is 35.6 Å².